The monoisotopic (exact) mass is 355 g/mol. The van der Waals surface area contributed by atoms with Crippen LogP contribution in [0, 0.1) is 0 Å². The zero-order chi connectivity index (χ0) is 17.1. The Balaban J connectivity index is 1.41. The maximum atomic E-state index is 12.9. The van der Waals surface area contributed by atoms with E-state index in [1.165, 1.54) is 36.1 Å². The summed E-state index contributed by atoms with van der Waals surface area (Å²) in [5.74, 6) is 1.23. The fourth-order valence-electron chi connectivity index (χ4n) is 3.78. The number of hydrogen-bond acceptors (Lipinski definition) is 4. The van der Waals surface area contributed by atoms with Crippen LogP contribution in [-0.2, 0) is 12.8 Å². The zero-order valence-electron chi connectivity index (χ0n) is 14.6. The fourth-order valence-corrected chi connectivity index (χ4v) is 5.01. The molecule has 0 aromatic carbocycles. The first-order valence-corrected chi connectivity index (χ1v) is 10.2. The molecule has 2 aromatic rings. The van der Waals surface area contributed by atoms with Crippen molar-refractivity contribution < 1.29 is 4.79 Å². The average Bonchev–Trinajstić information content (AvgIpc) is 3.04. The average molecular weight is 356 g/mol. The van der Waals surface area contributed by atoms with E-state index in [2.05, 4.69) is 16.0 Å². The number of carbonyl (C=O) groups is 1. The van der Waals surface area contributed by atoms with E-state index < -0.39 is 0 Å². The van der Waals surface area contributed by atoms with Gasteiger partial charge in [-0.15, -0.1) is 11.3 Å². The highest BCUT2D eigenvalue weighted by Gasteiger charge is 2.25. The molecule has 1 aliphatic carbocycles. The number of hydrogen-bond donors (Lipinski definition) is 0. The number of piperazine rings is 1. The number of rotatable bonds is 2. The Bertz CT molecular complexity index is 694. The molecule has 0 N–H and O–H groups in total. The summed E-state index contributed by atoms with van der Waals surface area (Å²) >= 11 is 1.74. The van der Waals surface area contributed by atoms with Gasteiger partial charge in [0.15, 0.2) is 0 Å². The maximum absolute atomic E-state index is 12.9. The molecule has 25 heavy (non-hydrogen) atoms. The van der Waals surface area contributed by atoms with Crippen LogP contribution < -0.4 is 4.90 Å². The number of anilines is 1. The molecule has 1 saturated heterocycles. The molecule has 4 rings (SSSR count). The second-order valence-electron chi connectivity index (χ2n) is 6.94. The fraction of sp³-hybridized carbons (Fsp3) is 0.500. The molecule has 5 heteroatoms. The van der Waals surface area contributed by atoms with Crippen LogP contribution in [0.4, 0.5) is 5.82 Å². The van der Waals surface area contributed by atoms with E-state index in [9.17, 15) is 4.79 Å². The number of thiophene rings is 1. The molecule has 3 heterocycles. The van der Waals surface area contributed by atoms with Crippen molar-refractivity contribution in [2.45, 2.75) is 38.5 Å². The second kappa shape index (κ2) is 7.56. The Labute approximate surface area is 153 Å². The molecule has 2 aromatic heterocycles. The highest BCUT2D eigenvalue weighted by Crippen LogP contribution is 2.29. The Morgan fingerprint density at radius 2 is 1.80 bits per heavy atom. The molecule has 0 bridgehead atoms. The van der Waals surface area contributed by atoms with Crippen molar-refractivity contribution in [3.8, 4) is 0 Å². The summed E-state index contributed by atoms with van der Waals surface area (Å²) in [6.45, 7) is 3.26. The molecule has 2 aliphatic rings. The summed E-state index contributed by atoms with van der Waals surface area (Å²) < 4.78 is 0. The van der Waals surface area contributed by atoms with Gasteiger partial charge in [-0.25, -0.2) is 4.98 Å². The third-order valence-electron chi connectivity index (χ3n) is 5.25. The van der Waals surface area contributed by atoms with Crippen molar-refractivity contribution in [1.82, 2.24) is 9.88 Å². The van der Waals surface area contributed by atoms with Crippen LogP contribution in [0.2, 0.25) is 0 Å². The van der Waals surface area contributed by atoms with E-state index in [-0.39, 0.29) is 5.91 Å². The molecule has 132 valence electrons. The van der Waals surface area contributed by atoms with Gasteiger partial charge in [0.05, 0.1) is 4.88 Å². The summed E-state index contributed by atoms with van der Waals surface area (Å²) in [5.41, 5.74) is 1.43. The Morgan fingerprint density at radius 3 is 2.56 bits per heavy atom. The van der Waals surface area contributed by atoms with Gasteiger partial charge in [-0.05, 0) is 49.4 Å². The van der Waals surface area contributed by atoms with Crippen LogP contribution in [0.15, 0.2) is 30.5 Å². The molecular weight excluding hydrogens is 330 g/mol. The summed E-state index contributed by atoms with van der Waals surface area (Å²) in [6, 6.07) is 8.17. The van der Waals surface area contributed by atoms with E-state index >= 15 is 0 Å². The number of carbonyl (C=O) groups excluding carboxylic acids is 1. The molecule has 0 radical (unpaired) electrons. The standard InChI is InChI=1S/C20H25N3OS/c24-20(18-15-16-7-3-1-2-4-8-17(16)25-18)23-13-11-22(12-14-23)19-9-5-6-10-21-19/h5-6,9-10,15H,1-4,7-8,11-14H2. The minimum Gasteiger partial charge on any atom is -0.353 e. The zero-order valence-corrected chi connectivity index (χ0v) is 15.4. The van der Waals surface area contributed by atoms with Crippen molar-refractivity contribution >= 4 is 23.1 Å². The van der Waals surface area contributed by atoms with Crippen LogP contribution in [0.1, 0.15) is 45.8 Å². The lowest BCUT2D eigenvalue weighted by molar-refractivity contribution is 0.0751. The SMILES string of the molecule is O=C(c1cc2c(s1)CCCCCC2)N1CCN(c2ccccn2)CC1. The van der Waals surface area contributed by atoms with Gasteiger partial charge < -0.3 is 9.80 Å². The first kappa shape index (κ1) is 16.6. The first-order chi connectivity index (χ1) is 12.3. The number of aromatic nitrogens is 1. The first-order valence-electron chi connectivity index (χ1n) is 9.38. The van der Waals surface area contributed by atoms with Crippen molar-refractivity contribution in [3.63, 3.8) is 0 Å². The van der Waals surface area contributed by atoms with Gasteiger partial charge in [0.2, 0.25) is 0 Å². The third-order valence-corrected chi connectivity index (χ3v) is 6.47. The summed E-state index contributed by atoms with van der Waals surface area (Å²) in [5, 5.41) is 0. The lowest BCUT2D eigenvalue weighted by atomic mass is 10.00. The molecule has 0 spiro atoms. The Morgan fingerprint density at radius 1 is 1.00 bits per heavy atom. The number of pyridine rings is 1. The molecule has 0 saturated carbocycles. The van der Waals surface area contributed by atoms with Gasteiger partial charge in [0.1, 0.15) is 5.82 Å². The van der Waals surface area contributed by atoms with Crippen molar-refractivity contribution in [2.24, 2.45) is 0 Å². The van der Waals surface area contributed by atoms with Crippen LogP contribution in [0.5, 0.6) is 0 Å². The predicted octanol–water partition coefficient (Wildman–Crippen LogP) is 3.76. The van der Waals surface area contributed by atoms with Gasteiger partial charge in [0.25, 0.3) is 5.91 Å². The van der Waals surface area contributed by atoms with E-state index in [0.29, 0.717) is 0 Å². The number of aryl methyl sites for hydroxylation is 2. The highest BCUT2D eigenvalue weighted by molar-refractivity contribution is 7.14. The van der Waals surface area contributed by atoms with E-state index in [1.807, 2.05) is 29.3 Å². The molecule has 0 unspecified atom stereocenters. The quantitative estimate of drug-likeness (QED) is 0.823. The Kier molecular flexibility index (Phi) is 5.02. The molecule has 1 fully saturated rings. The van der Waals surface area contributed by atoms with Crippen LogP contribution in [-0.4, -0.2) is 42.0 Å². The normalized spacial score (nSPS) is 18.4. The van der Waals surface area contributed by atoms with E-state index in [1.54, 1.807) is 11.3 Å². The van der Waals surface area contributed by atoms with Gasteiger partial charge in [-0.2, -0.15) is 0 Å². The molecule has 1 aliphatic heterocycles. The van der Waals surface area contributed by atoms with Gasteiger partial charge in [0, 0.05) is 37.3 Å². The van der Waals surface area contributed by atoms with Crippen LogP contribution in [0.3, 0.4) is 0 Å². The third kappa shape index (κ3) is 3.71. The molecular formula is C20H25N3OS. The smallest absolute Gasteiger partial charge is 0.264 e. The predicted molar refractivity (Wildman–Crippen MR) is 103 cm³/mol. The van der Waals surface area contributed by atoms with Crippen molar-refractivity contribution in [2.75, 3.05) is 31.1 Å². The van der Waals surface area contributed by atoms with Crippen molar-refractivity contribution in [1.29, 1.82) is 0 Å². The second-order valence-corrected chi connectivity index (χ2v) is 8.08. The number of amides is 1. The van der Waals surface area contributed by atoms with Crippen molar-refractivity contribution in [3.05, 3.63) is 45.8 Å². The lowest BCUT2D eigenvalue weighted by Gasteiger charge is -2.35. The summed E-state index contributed by atoms with van der Waals surface area (Å²) in [7, 11) is 0. The minimum absolute atomic E-state index is 0.220. The molecule has 0 atom stereocenters. The maximum Gasteiger partial charge on any atom is 0.264 e. The minimum atomic E-state index is 0.220. The molecule has 1 amide bonds. The lowest BCUT2D eigenvalue weighted by Crippen LogP contribution is -2.48. The van der Waals surface area contributed by atoms with Gasteiger partial charge >= 0.3 is 0 Å². The van der Waals surface area contributed by atoms with E-state index in [4.69, 9.17) is 0 Å². The van der Waals surface area contributed by atoms with E-state index in [0.717, 1.165) is 49.7 Å². The molecule has 4 nitrogen and oxygen atoms in total. The number of nitrogens with zero attached hydrogens (tertiary/aromatic N) is 3. The van der Waals surface area contributed by atoms with Crippen LogP contribution >= 0.6 is 11.3 Å². The van der Waals surface area contributed by atoms with Gasteiger partial charge in [-0.3, -0.25) is 4.79 Å². The van der Waals surface area contributed by atoms with Crippen LogP contribution in [0.25, 0.3) is 0 Å². The largest absolute Gasteiger partial charge is 0.353 e. The number of fused-ring (bicyclic) bond motifs is 1. The Hall–Kier alpha value is -1.88. The highest BCUT2D eigenvalue weighted by atomic mass is 32.1. The topological polar surface area (TPSA) is 36.4 Å². The summed E-state index contributed by atoms with van der Waals surface area (Å²) in [4.78, 5) is 24.0. The summed E-state index contributed by atoms with van der Waals surface area (Å²) in [6.07, 6.45) is 9.32. The van der Waals surface area contributed by atoms with Gasteiger partial charge in [-0.1, -0.05) is 18.9 Å².